The maximum atomic E-state index is 5.63. The van der Waals surface area contributed by atoms with E-state index in [0.29, 0.717) is 6.61 Å². The molecule has 0 amide bonds. The Kier molecular flexibility index (Phi) is 2.29. The molecule has 0 spiro atoms. The molecule has 0 saturated carbocycles. The summed E-state index contributed by atoms with van der Waals surface area (Å²) in [7, 11) is 0. The third-order valence-corrected chi connectivity index (χ3v) is 2.65. The molecule has 1 aromatic carbocycles. The number of benzene rings is 1. The van der Waals surface area contributed by atoms with Gasteiger partial charge in [-0.2, -0.15) is 0 Å². The van der Waals surface area contributed by atoms with Crippen LogP contribution >= 0.6 is 0 Å². The van der Waals surface area contributed by atoms with Gasteiger partial charge >= 0.3 is 0 Å². The van der Waals surface area contributed by atoms with Gasteiger partial charge in [-0.25, -0.2) is 4.63 Å². The number of rotatable bonds is 3. The number of aromatic amines is 1. The van der Waals surface area contributed by atoms with Crippen LogP contribution in [0.1, 0.15) is 11.4 Å². The number of hydrogen-bond donors (Lipinski definition) is 1. The monoisotopic (exact) mass is 229 g/mol. The van der Waals surface area contributed by atoms with Gasteiger partial charge in [-0.15, -0.1) is 0 Å². The largest absolute Gasteiger partial charge is 0.487 e. The first-order valence-electron chi connectivity index (χ1n) is 5.31. The second-order valence-electron chi connectivity index (χ2n) is 3.81. The maximum absolute atomic E-state index is 5.63. The lowest BCUT2D eigenvalue weighted by Crippen LogP contribution is -1.97. The highest BCUT2D eigenvalue weighted by molar-refractivity contribution is 5.80. The quantitative estimate of drug-likeness (QED) is 0.749. The summed E-state index contributed by atoms with van der Waals surface area (Å²) >= 11 is 0. The van der Waals surface area contributed by atoms with Gasteiger partial charge in [0.2, 0.25) is 0 Å². The summed E-state index contributed by atoms with van der Waals surface area (Å²) in [5, 5.41) is 8.59. The zero-order valence-corrected chi connectivity index (χ0v) is 9.30. The fraction of sp³-hybridized carbons (Fsp3) is 0.167. The van der Waals surface area contributed by atoms with Gasteiger partial charge in [0.1, 0.15) is 23.7 Å². The van der Waals surface area contributed by atoms with Crippen LogP contribution in [0.5, 0.6) is 5.75 Å². The Hall–Kier alpha value is -2.30. The zero-order chi connectivity index (χ0) is 11.7. The SMILES string of the molecule is Cc1nonc1COc1ccc2[nH]ccc2c1. The third-order valence-electron chi connectivity index (χ3n) is 2.65. The van der Waals surface area contributed by atoms with Crippen LogP contribution in [0.15, 0.2) is 35.1 Å². The second kappa shape index (κ2) is 3.93. The first kappa shape index (κ1) is 9.89. The molecule has 17 heavy (non-hydrogen) atoms. The molecular formula is C12H11N3O2. The van der Waals surface area contributed by atoms with Crippen LogP contribution in [-0.4, -0.2) is 15.3 Å². The van der Waals surface area contributed by atoms with E-state index >= 15 is 0 Å². The van der Waals surface area contributed by atoms with Gasteiger partial charge in [0.05, 0.1) is 0 Å². The predicted molar refractivity (Wildman–Crippen MR) is 61.7 cm³/mol. The van der Waals surface area contributed by atoms with Crippen LogP contribution in [0, 0.1) is 6.92 Å². The molecule has 86 valence electrons. The van der Waals surface area contributed by atoms with E-state index in [1.54, 1.807) is 0 Å². The van der Waals surface area contributed by atoms with Crippen molar-refractivity contribution in [2.45, 2.75) is 13.5 Å². The molecule has 0 aliphatic carbocycles. The van der Waals surface area contributed by atoms with E-state index in [4.69, 9.17) is 4.74 Å². The van der Waals surface area contributed by atoms with Crippen molar-refractivity contribution in [2.24, 2.45) is 0 Å². The van der Waals surface area contributed by atoms with E-state index in [1.165, 1.54) is 0 Å². The summed E-state index contributed by atoms with van der Waals surface area (Å²) in [5.41, 5.74) is 2.57. The van der Waals surface area contributed by atoms with Gasteiger partial charge in [-0.05, 0) is 31.2 Å². The predicted octanol–water partition coefficient (Wildman–Crippen LogP) is 2.44. The van der Waals surface area contributed by atoms with Gasteiger partial charge in [-0.3, -0.25) is 0 Å². The topological polar surface area (TPSA) is 63.9 Å². The fourth-order valence-corrected chi connectivity index (χ4v) is 1.65. The van der Waals surface area contributed by atoms with Gasteiger partial charge in [0.15, 0.2) is 0 Å². The normalized spacial score (nSPS) is 10.9. The van der Waals surface area contributed by atoms with Crippen molar-refractivity contribution in [2.75, 3.05) is 0 Å². The molecular weight excluding hydrogens is 218 g/mol. The summed E-state index contributed by atoms with van der Waals surface area (Å²) in [6.07, 6.45) is 1.90. The van der Waals surface area contributed by atoms with Crippen LogP contribution in [-0.2, 0) is 6.61 Å². The molecule has 1 N–H and O–H groups in total. The number of ether oxygens (including phenoxy) is 1. The molecule has 0 fully saturated rings. The lowest BCUT2D eigenvalue weighted by atomic mass is 10.2. The fourth-order valence-electron chi connectivity index (χ4n) is 1.65. The minimum absolute atomic E-state index is 0.366. The molecule has 0 bridgehead atoms. The molecule has 5 heteroatoms. The van der Waals surface area contributed by atoms with E-state index in [1.807, 2.05) is 37.4 Å². The molecule has 0 aliphatic heterocycles. The van der Waals surface area contributed by atoms with E-state index < -0.39 is 0 Å². The number of fused-ring (bicyclic) bond motifs is 1. The highest BCUT2D eigenvalue weighted by atomic mass is 16.6. The van der Waals surface area contributed by atoms with Crippen molar-refractivity contribution < 1.29 is 9.37 Å². The Morgan fingerprint density at radius 3 is 3.06 bits per heavy atom. The molecule has 2 heterocycles. The summed E-state index contributed by atoms with van der Waals surface area (Å²) in [6, 6.07) is 7.89. The Labute approximate surface area is 97.4 Å². The molecule has 0 radical (unpaired) electrons. The van der Waals surface area contributed by atoms with Crippen molar-refractivity contribution >= 4 is 10.9 Å². The molecule has 0 unspecified atom stereocenters. The molecule has 0 aliphatic rings. The molecule has 5 nitrogen and oxygen atoms in total. The molecule has 0 atom stereocenters. The molecule has 0 saturated heterocycles. The lowest BCUT2D eigenvalue weighted by Gasteiger charge is -2.03. The van der Waals surface area contributed by atoms with Gasteiger partial charge < -0.3 is 9.72 Å². The van der Waals surface area contributed by atoms with E-state index in [-0.39, 0.29) is 0 Å². The number of aromatic nitrogens is 3. The second-order valence-corrected chi connectivity index (χ2v) is 3.81. The van der Waals surface area contributed by atoms with Crippen molar-refractivity contribution in [1.82, 2.24) is 15.3 Å². The van der Waals surface area contributed by atoms with Gasteiger partial charge in [0, 0.05) is 17.1 Å². The number of nitrogens with one attached hydrogen (secondary N) is 1. The number of H-pyrrole nitrogens is 1. The van der Waals surface area contributed by atoms with Crippen LogP contribution < -0.4 is 4.74 Å². The zero-order valence-electron chi connectivity index (χ0n) is 9.30. The summed E-state index contributed by atoms with van der Waals surface area (Å²) in [4.78, 5) is 3.13. The first-order valence-corrected chi connectivity index (χ1v) is 5.31. The molecule has 3 aromatic rings. The Morgan fingerprint density at radius 2 is 2.24 bits per heavy atom. The van der Waals surface area contributed by atoms with Crippen LogP contribution in [0.2, 0.25) is 0 Å². The van der Waals surface area contributed by atoms with Crippen molar-refractivity contribution in [3.05, 3.63) is 41.9 Å². The lowest BCUT2D eigenvalue weighted by molar-refractivity contribution is 0.270. The first-order chi connectivity index (χ1) is 8.33. The minimum atomic E-state index is 0.366. The summed E-state index contributed by atoms with van der Waals surface area (Å²) in [6.45, 7) is 2.20. The Bertz CT molecular complexity index is 642. The van der Waals surface area contributed by atoms with Crippen molar-refractivity contribution in [1.29, 1.82) is 0 Å². The highest BCUT2D eigenvalue weighted by Gasteiger charge is 2.06. The third kappa shape index (κ3) is 1.87. The van der Waals surface area contributed by atoms with E-state index in [9.17, 15) is 0 Å². The average Bonchev–Trinajstić information content (AvgIpc) is 2.94. The summed E-state index contributed by atoms with van der Waals surface area (Å²) < 4.78 is 10.2. The highest BCUT2D eigenvalue weighted by Crippen LogP contribution is 2.20. The standard InChI is InChI=1S/C12H11N3O2/c1-8-12(15-17-14-8)7-16-10-2-3-11-9(6-10)4-5-13-11/h2-6,13H,7H2,1H3. The van der Waals surface area contributed by atoms with Crippen molar-refractivity contribution in [3.8, 4) is 5.75 Å². The Balaban J connectivity index is 1.78. The van der Waals surface area contributed by atoms with Crippen LogP contribution in [0.25, 0.3) is 10.9 Å². The van der Waals surface area contributed by atoms with Crippen LogP contribution in [0.3, 0.4) is 0 Å². The average molecular weight is 229 g/mol. The molecule has 2 aromatic heterocycles. The molecule has 3 rings (SSSR count). The Morgan fingerprint density at radius 1 is 1.29 bits per heavy atom. The number of hydrogen-bond acceptors (Lipinski definition) is 4. The minimum Gasteiger partial charge on any atom is -0.487 e. The van der Waals surface area contributed by atoms with E-state index in [2.05, 4.69) is 19.9 Å². The maximum Gasteiger partial charge on any atom is 0.145 e. The smallest absolute Gasteiger partial charge is 0.145 e. The van der Waals surface area contributed by atoms with Gasteiger partial charge in [0.25, 0.3) is 0 Å². The number of aryl methyl sites for hydroxylation is 1. The summed E-state index contributed by atoms with van der Waals surface area (Å²) in [5.74, 6) is 0.805. The van der Waals surface area contributed by atoms with Gasteiger partial charge in [-0.1, -0.05) is 10.3 Å². The van der Waals surface area contributed by atoms with E-state index in [0.717, 1.165) is 28.0 Å². The van der Waals surface area contributed by atoms with Crippen LogP contribution in [0.4, 0.5) is 0 Å². The number of nitrogens with zero attached hydrogens (tertiary/aromatic N) is 2. The van der Waals surface area contributed by atoms with Crippen molar-refractivity contribution in [3.63, 3.8) is 0 Å².